The molecule has 1 aromatic heterocycles. The van der Waals surface area contributed by atoms with Crippen molar-refractivity contribution in [3.63, 3.8) is 0 Å². The molecule has 1 rings (SSSR count). The standard InChI is InChI=1S/C13H20N2O3S/c1-10(16)4-2-7-14-12(17)6-8-15-13(18)11-5-3-9-19-11/h3,5,9-10,16H,2,4,6-8H2,1H3,(H,14,17)(H,15,18). The zero-order valence-corrected chi connectivity index (χ0v) is 11.8. The maximum absolute atomic E-state index is 11.6. The van der Waals surface area contributed by atoms with Gasteiger partial charge in [-0.1, -0.05) is 6.07 Å². The van der Waals surface area contributed by atoms with Crippen molar-refractivity contribution in [1.82, 2.24) is 10.6 Å². The number of amides is 2. The molecular formula is C13H20N2O3S. The lowest BCUT2D eigenvalue weighted by atomic mass is 10.2. The maximum atomic E-state index is 11.6. The van der Waals surface area contributed by atoms with Gasteiger partial charge in [0, 0.05) is 19.5 Å². The van der Waals surface area contributed by atoms with Crippen LogP contribution >= 0.6 is 11.3 Å². The van der Waals surface area contributed by atoms with Crippen molar-refractivity contribution >= 4 is 23.2 Å². The summed E-state index contributed by atoms with van der Waals surface area (Å²) < 4.78 is 0. The second kappa shape index (κ2) is 8.66. The van der Waals surface area contributed by atoms with Gasteiger partial charge in [0.15, 0.2) is 0 Å². The molecule has 0 aromatic carbocycles. The van der Waals surface area contributed by atoms with Crippen molar-refractivity contribution in [2.24, 2.45) is 0 Å². The topological polar surface area (TPSA) is 78.4 Å². The molecule has 0 saturated heterocycles. The molecule has 0 radical (unpaired) electrons. The number of aliphatic hydroxyl groups is 1. The quantitative estimate of drug-likeness (QED) is 0.627. The van der Waals surface area contributed by atoms with Gasteiger partial charge >= 0.3 is 0 Å². The van der Waals surface area contributed by atoms with Crippen molar-refractivity contribution in [2.45, 2.75) is 32.3 Å². The molecule has 0 aliphatic heterocycles. The van der Waals surface area contributed by atoms with Crippen LogP contribution in [0, 0.1) is 0 Å². The molecule has 0 spiro atoms. The molecule has 1 unspecified atom stereocenters. The van der Waals surface area contributed by atoms with E-state index >= 15 is 0 Å². The molecule has 1 atom stereocenters. The summed E-state index contributed by atoms with van der Waals surface area (Å²) in [7, 11) is 0. The molecule has 0 bridgehead atoms. The minimum absolute atomic E-state index is 0.0860. The molecule has 1 heterocycles. The summed E-state index contributed by atoms with van der Waals surface area (Å²) in [5.41, 5.74) is 0. The van der Waals surface area contributed by atoms with E-state index in [4.69, 9.17) is 5.11 Å². The minimum atomic E-state index is -0.331. The molecular weight excluding hydrogens is 264 g/mol. The lowest BCUT2D eigenvalue weighted by Gasteiger charge is -2.07. The Hall–Kier alpha value is -1.40. The average Bonchev–Trinajstić information content (AvgIpc) is 2.88. The normalized spacial score (nSPS) is 11.9. The largest absolute Gasteiger partial charge is 0.393 e. The fourth-order valence-electron chi connectivity index (χ4n) is 1.50. The van der Waals surface area contributed by atoms with Crippen LogP contribution in [0.1, 0.15) is 35.9 Å². The van der Waals surface area contributed by atoms with Crippen LogP contribution < -0.4 is 10.6 Å². The highest BCUT2D eigenvalue weighted by atomic mass is 32.1. The van der Waals surface area contributed by atoms with Gasteiger partial charge in [-0.2, -0.15) is 0 Å². The van der Waals surface area contributed by atoms with Crippen molar-refractivity contribution in [3.05, 3.63) is 22.4 Å². The van der Waals surface area contributed by atoms with Gasteiger partial charge in [-0.25, -0.2) is 0 Å². The fraction of sp³-hybridized carbons (Fsp3) is 0.538. The first-order valence-electron chi connectivity index (χ1n) is 6.36. The molecule has 1 aromatic rings. The lowest BCUT2D eigenvalue weighted by Crippen LogP contribution is -2.31. The summed E-state index contributed by atoms with van der Waals surface area (Å²) in [5.74, 6) is -0.228. The first-order chi connectivity index (χ1) is 9.09. The summed E-state index contributed by atoms with van der Waals surface area (Å²) in [6.07, 6.45) is 1.37. The second-order valence-corrected chi connectivity index (χ2v) is 5.27. The molecule has 2 amide bonds. The van der Waals surface area contributed by atoms with E-state index in [2.05, 4.69) is 10.6 Å². The summed E-state index contributed by atoms with van der Waals surface area (Å²) in [4.78, 5) is 23.6. The van der Waals surface area contributed by atoms with E-state index in [0.29, 0.717) is 24.4 Å². The number of hydrogen-bond donors (Lipinski definition) is 3. The Balaban J connectivity index is 2.06. The van der Waals surface area contributed by atoms with E-state index in [9.17, 15) is 9.59 Å². The highest BCUT2D eigenvalue weighted by Gasteiger charge is 2.07. The van der Waals surface area contributed by atoms with E-state index in [0.717, 1.165) is 6.42 Å². The van der Waals surface area contributed by atoms with Gasteiger partial charge in [0.05, 0.1) is 11.0 Å². The van der Waals surface area contributed by atoms with E-state index in [1.54, 1.807) is 13.0 Å². The van der Waals surface area contributed by atoms with Crippen molar-refractivity contribution in [2.75, 3.05) is 13.1 Å². The van der Waals surface area contributed by atoms with Gasteiger partial charge in [-0.15, -0.1) is 11.3 Å². The van der Waals surface area contributed by atoms with E-state index in [1.807, 2.05) is 11.4 Å². The monoisotopic (exact) mass is 284 g/mol. The minimum Gasteiger partial charge on any atom is -0.393 e. The van der Waals surface area contributed by atoms with Crippen LogP contribution in [-0.2, 0) is 4.79 Å². The molecule has 5 nitrogen and oxygen atoms in total. The van der Waals surface area contributed by atoms with Crippen LogP contribution in [0.2, 0.25) is 0 Å². The Kier molecular flexibility index (Phi) is 7.14. The van der Waals surface area contributed by atoms with Crippen LogP contribution in [0.15, 0.2) is 17.5 Å². The van der Waals surface area contributed by atoms with Crippen LogP contribution in [0.5, 0.6) is 0 Å². The Morgan fingerprint density at radius 3 is 2.79 bits per heavy atom. The van der Waals surface area contributed by atoms with Gasteiger partial charge in [0.25, 0.3) is 5.91 Å². The molecule has 106 valence electrons. The Morgan fingerprint density at radius 1 is 1.37 bits per heavy atom. The maximum Gasteiger partial charge on any atom is 0.261 e. The van der Waals surface area contributed by atoms with Crippen LogP contribution in [0.3, 0.4) is 0 Å². The predicted octanol–water partition coefficient (Wildman–Crippen LogP) is 1.15. The van der Waals surface area contributed by atoms with E-state index in [-0.39, 0.29) is 24.3 Å². The predicted molar refractivity (Wildman–Crippen MR) is 75.2 cm³/mol. The molecule has 19 heavy (non-hydrogen) atoms. The summed E-state index contributed by atoms with van der Waals surface area (Å²) >= 11 is 1.37. The molecule has 0 saturated carbocycles. The van der Waals surface area contributed by atoms with Gasteiger partial charge < -0.3 is 15.7 Å². The Labute approximate surface area is 117 Å². The number of aliphatic hydroxyl groups excluding tert-OH is 1. The van der Waals surface area contributed by atoms with Gasteiger partial charge in [-0.3, -0.25) is 9.59 Å². The van der Waals surface area contributed by atoms with E-state index < -0.39 is 0 Å². The first kappa shape index (κ1) is 15.7. The SMILES string of the molecule is CC(O)CCCNC(=O)CCNC(=O)c1cccs1. The Bertz CT molecular complexity index is 391. The Morgan fingerprint density at radius 2 is 2.16 bits per heavy atom. The number of rotatable bonds is 8. The summed E-state index contributed by atoms with van der Waals surface area (Å²) in [5, 5.41) is 16.3. The summed E-state index contributed by atoms with van der Waals surface area (Å²) in [6.45, 7) is 2.61. The molecule has 0 aliphatic carbocycles. The average molecular weight is 284 g/mol. The van der Waals surface area contributed by atoms with Crippen LogP contribution in [0.25, 0.3) is 0 Å². The zero-order chi connectivity index (χ0) is 14.1. The van der Waals surface area contributed by atoms with Gasteiger partial charge in [0.2, 0.25) is 5.91 Å². The van der Waals surface area contributed by atoms with Crippen LogP contribution in [0.4, 0.5) is 0 Å². The number of thiophene rings is 1. The highest BCUT2D eigenvalue weighted by Crippen LogP contribution is 2.07. The number of carbonyl (C=O) groups is 2. The third kappa shape index (κ3) is 6.93. The molecule has 3 N–H and O–H groups in total. The van der Waals surface area contributed by atoms with Gasteiger partial charge in [0.1, 0.15) is 0 Å². The number of hydrogen-bond acceptors (Lipinski definition) is 4. The third-order valence-electron chi connectivity index (χ3n) is 2.50. The smallest absolute Gasteiger partial charge is 0.261 e. The van der Waals surface area contributed by atoms with Crippen molar-refractivity contribution in [3.8, 4) is 0 Å². The number of nitrogens with one attached hydrogen (secondary N) is 2. The zero-order valence-electron chi connectivity index (χ0n) is 11.0. The van der Waals surface area contributed by atoms with E-state index in [1.165, 1.54) is 11.3 Å². The fourth-order valence-corrected chi connectivity index (χ4v) is 2.14. The number of carbonyl (C=O) groups excluding carboxylic acids is 2. The lowest BCUT2D eigenvalue weighted by molar-refractivity contribution is -0.120. The van der Waals surface area contributed by atoms with Gasteiger partial charge in [-0.05, 0) is 31.2 Å². The van der Waals surface area contributed by atoms with Crippen LogP contribution in [-0.4, -0.2) is 36.1 Å². The first-order valence-corrected chi connectivity index (χ1v) is 7.24. The summed E-state index contributed by atoms with van der Waals surface area (Å²) in [6, 6.07) is 3.56. The molecule has 0 aliphatic rings. The molecule has 6 heteroatoms. The second-order valence-electron chi connectivity index (χ2n) is 4.32. The van der Waals surface area contributed by atoms with Crippen molar-refractivity contribution < 1.29 is 14.7 Å². The van der Waals surface area contributed by atoms with Crippen molar-refractivity contribution in [1.29, 1.82) is 0 Å². The highest BCUT2D eigenvalue weighted by molar-refractivity contribution is 7.12. The third-order valence-corrected chi connectivity index (χ3v) is 3.37. The molecule has 0 fully saturated rings.